The summed E-state index contributed by atoms with van der Waals surface area (Å²) in [5, 5.41) is 39.8. The van der Waals surface area contributed by atoms with Crippen LogP contribution in [0.15, 0.2) is 60.8 Å². The van der Waals surface area contributed by atoms with E-state index in [2.05, 4.69) is 74.6 Å². The molecule has 1 aliphatic heterocycles. The topological polar surface area (TPSA) is 169 Å². The van der Waals surface area contributed by atoms with Crippen molar-refractivity contribution in [3.63, 3.8) is 0 Å². The van der Waals surface area contributed by atoms with E-state index in [0.29, 0.717) is 12.8 Å². The van der Waals surface area contributed by atoms with E-state index >= 15 is 0 Å². The molecule has 0 aromatic heterocycles. The second-order valence-electron chi connectivity index (χ2n) is 14.8. The van der Waals surface area contributed by atoms with Crippen LogP contribution in [0, 0.1) is 0 Å². The second kappa shape index (κ2) is 36.0. The van der Waals surface area contributed by atoms with Crippen LogP contribution in [0.5, 0.6) is 0 Å². The molecule has 0 saturated carbocycles. The number of aliphatic hydroxyl groups excluding tert-OH is 3. The van der Waals surface area contributed by atoms with Crippen LogP contribution in [-0.2, 0) is 33.3 Å². The first kappa shape index (κ1) is 51.9. The number of aliphatic hydroxyl groups is 3. The number of unbranched alkanes of at least 4 members (excludes halogenated alkanes) is 14. The minimum Gasteiger partial charge on any atom is -0.479 e. The van der Waals surface area contributed by atoms with E-state index in [1.165, 1.54) is 25.7 Å². The van der Waals surface area contributed by atoms with Gasteiger partial charge in [0.25, 0.3) is 0 Å². The number of carboxylic acid groups (broad SMARTS) is 1. The Morgan fingerprint density at radius 2 is 1.04 bits per heavy atom. The lowest BCUT2D eigenvalue weighted by atomic mass is 9.99. The normalized spacial score (nSPS) is 20.8. The molecule has 57 heavy (non-hydrogen) atoms. The summed E-state index contributed by atoms with van der Waals surface area (Å²) in [7, 11) is 0. The zero-order valence-electron chi connectivity index (χ0n) is 35.1. The summed E-state index contributed by atoms with van der Waals surface area (Å²) in [6.45, 7) is 3.63. The second-order valence-corrected chi connectivity index (χ2v) is 14.8. The van der Waals surface area contributed by atoms with Gasteiger partial charge in [-0.2, -0.15) is 0 Å². The van der Waals surface area contributed by atoms with Crippen molar-refractivity contribution in [2.75, 3.05) is 13.2 Å². The average molecular weight is 805 g/mol. The van der Waals surface area contributed by atoms with Gasteiger partial charge < -0.3 is 39.4 Å². The lowest BCUT2D eigenvalue weighted by Gasteiger charge is -2.38. The number of allylic oxidation sites excluding steroid dienone is 10. The van der Waals surface area contributed by atoms with Gasteiger partial charge in [0.05, 0.1) is 6.61 Å². The highest BCUT2D eigenvalue weighted by molar-refractivity contribution is 5.73. The maximum atomic E-state index is 12.7. The molecule has 11 heteroatoms. The summed E-state index contributed by atoms with van der Waals surface area (Å²) in [4.78, 5) is 36.8. The third-order valence-electron chi connectivity index (χ3n) is 9.60. The van der Waals surface area contributed by atoms with Crippen LogP contribution in [0.3, 0.4) is 0 Å². The molecule has 1 saturated heterocycles. The molecule has 4 N–H and O–H groups in total. The zero-order chi connectivity index (χ0) is 41.8. The predicted molar refractivity (Wildman–Crippen MR) is 224 cm³/mol. The number of ether oxygens (including phenoxy) is 4. The maximum absolute atomic E-state index is 12.7. The number of carbonyl (C=O) groups excluding carboxylic acids is 2. The first-order valence-electron chi connectivity index (χ1n) is 21.8. The molecule has 1 aliphatic rings. The van der Waals surface area contributed by atoms with E-state index in [4.69, 9.17) is 18.9 Å². The summed E-state index contributed by atoms with van der Waals surface area (Å²) in [6.07, 6.45) is 34.1. The predicted octanol–water partition coefficient (Wildman–Crippen LogP) is 9.14. The van der Waals surface area contributed by atoms with Gasteiger partial charge in [0.1, 0.15) is 24.9 Å². The molecule has 0 bridgehead atoms. The molecule has 1 heterocycles. The quantitative estimate of drug-likeness (QED) is 0.0274. The Morgan fingerprint density at radius 3 is 1.56 bits per heavy atom. The van der Waals surface area contributed by atoms with Crippen molar-refractivity contribution < 1.29 is 53.8 Å². The number of aliphatic carboxylic acids is 1. The first-order valence-corrected chi connectivity index (χ1v) is 21.8. The van der Waals surface area contributed by atoms with E-state index < -0.39 is 61.3 Å². The fraction of sp³-hybridized carbons (Fsp3) is 0.717. The molecule has 0 radical (unpaired) electrons. The smallest absolute Gasteiger partial charge is 0.335 e. The maximum Gasteiger partial charge on any atom is 0.335 e. The van der Waals surface area contributed by atoms with Gasteiger partial charge >= 0.3 is 17.9 Å². The van der Waals surface area contributed by atoms with Gasteiger partial charge in [0.2, 0.25) is 0 Å². The first-order chi connectivity index (χ1) is 27.7. The van der Waals surface area contributed by atoms with Crippen LogP contribution in [0.2, 0.25) is 0 Å². The van der Waals surface area contributed by atoms with E-state index in [0.717, 1.165) is 96.3 Å². The molecule has 1 rings (SSSR count). The van der Waals surface area contributed by atoms with Gasteiger partial charge in [-0.15, -0.1) is 0 Å². The number of carboxylic acids is 1. The average Bonchev–Trinajstić information content (AvgIpc) is 3.19. The Kier molecular flexibility index (Phi) is 32.8. The molecular weight excluding hydrogens is 728 g/mol. The van der Waals surface area contributed by atoms with Crippen LogP contribution in [0.4, 0.5) is 0 Å². The van der Waals surface area contributed by atoms with Crippen molar-refractivity contribution in [1.29, 1.82) is 0 Å². The van der Waals surface area contributed by atoms with Crippen LogP contribution in [0.1, 0.15) is 162 Å². The molecule has 6 unspecified atom stereocenters. The Morgan fingerprint density at radius 1 is 0.561 bits per heavy atom. The van der Waals surface area contributed by atoms with Crippen molar-refractivity contribution >= 4 is 17.9 Å². The molecule has 0 amide bonds. The SMILES string of the molecule is CC/C=C\C/C=C\C/C=C\CCCCCCCCCC(=O)OCC(COC1OC(C(=O)O)C(O)C(O)C1O)OC(=O)CCCCCCC/C=C\C/C=C\CCCC. The summed E-state index contributed by atoms with van der Waals surface area (Å²) in [6, 6.07) is 0. The number of hydrogen-bond donors (Lipinski definition) is 4. The Hall–Kier alpha value is -3.09. The molecule has 0 aromatic rings. The van der Waals surface area contributed by atoms with Crippen molar-refractivity contribution in [3.8, 4) is 0 Å². The lowest BCUT2D eigenvalue weighted by molar-refractivity contribution is -0.298. The molecule has 0 spiro atoms. The van der Waals surface area contributed by atoms with Crippen LogP contribution >= 0.6 is 0 Å². The fourth-order valence-corrected chi connectivity index (χ4v) is 6.14. The van der Waals surface area contributed by atoms with Gasteiger partial charge in [-0.05, 0) is 70.6 Å². The van der Waals surface area contributed by atoms with Crippen LogP contribution in [0.25, 0.3) is 0 Å². The highest BCUT2D eigenvalue weighted by Crippen LogP contribution is 2.23. The van der Waals surface area contributed by atoms with Gasteiger partial charge in [0.15, 0.2) is 18.5 Å². The van der Waals surface area contributed by atoms with Crippen LogP contribution in [-0.4, -0.2) is 88.4 Å². The Balaban J connectivity index is 2.40. The van der Waals surface area contributed by atoms with E-state index in [9.17, 15) is 34.8 Å². The summed E-state index contributed by atoms with van der Waals surface area (Å²) in [5.41, 5.74) is 0. The molecule has 6 atom stereocenters. The molecule has 11 nitrogen and oxygen atoms in total. The van der Waals surface area contributed by atoms with Gasteiger partial charge in [-0.1, -0.05) is 139 Å². The van der Waals surface area contributed by atoms with E-state index in [-0.39, 0.29) is 19.4 Å². The minimum absolute atomic E-state index is 0.162. The number of hydrogen-bond acceptors (Lipinski definition) is 10. The van der Waals surface area contributed by atoms with E-state index in [1.807, 2.05) is 0 Å². The number of carbonyl (C=O) groups is 3. The van der Waals surface area contributed by atoms with Crippen molar-refractivity contribution in [1.82, 2.24) is 0 Å². The Labute approximate surface area is 343 Å². The molecule has 1 fully saturated rings. The standard InChI is InChI=1S/C46H76O11/c1-3-5-7-9-11-13-15-17-19-20-21-23-24-26-28-30-32-34-39(47)54-36-38(37-55-46-43(51)41(49)42(50)44(57-46)45(52)53)56-40(48)35-33-31-29-27-25-22-18-16-14-12-10-8-6-4-2/h5,7,10-13,16-19,38,41-44,46,49-51H,3-4,6,8-9,14-15,20-37H2,1-2H3,(H,52,53)/b7-5-,12-10-,13-11-,18-16-,19-17-. The fourth-order valence-electron chi connectivity index (χ4n) is 6.14. The summed E-state index contributed by atoms with van der Waals surface area (Å²) in [5.74, 6) is -2.48. The van der Waals surface area contributed by atoms with Gasteiger partial charge in [-0.3, -0.25) is 9.59 Å². The van der Waals surface area contributed by atoms with E-state index in [1.54, 1.807) is 0 Å². The summed E-state index contributed by atoms with van der Waals surface area (Å²) < 4.78 is 21.7. The molecule has 0 aliphatic carbocycles. The largest absolute Gasteiger partial charge is 0.479 e. The number of rotatable bonds is 35. The minimum atomic E-state index is -1.87. The lowest BCUT2D eigenvalue weighted by Crippen LogP contribution is -2.60. The number of esters is 2. The third-order valence-corrected chi connectivity index (χ3v) is 9.60. The van der Waals surface area contributed by atoms with Crippen molar-refractivity contribution in [3.05, 3.63) is 60.8 Å². The monoisotopic (exact) mass is 805 g/mol. The highest BCUT2D eigenvalue weighted by Gasteiger charge is 2.47. The Bertz CT molecular complexity index is 1180. The van der Waals surface area contributed by atoms with Gasteiger partial charge in [-0.25, -0.2) is 4.79 Å². The third kappa shape index (κ3) is 28.1. The summed E-state index contributed by atoms with van der Waals surface area (Å²) >= 11 is 0. The van der Waals surface area contributed by atoms with Crippen molar-refractivity contribution in [2.24, 2.45) is 0 Å². The van der Waals surface area contributed by atoms with Crippen molar-refractivity contribution in [2.45, 2.75) is 198 Å². The zero-order valence-corrected chi connectivity index (χ0v) is 35.1. The molecular formula is C46H76O11. The molecule has 0 aromatic carbocycles. The van der Waals surface area contributed by atoms with Gasteiger partial charge in [0, 0.05) is 12.8 Å². The molecule has 326 valence electrons. The highest BCUT2D eigenvalue weighted by atomic mass is 16.7. The van der Waals surface area contributed by atoms with Crippen LogP contribution < -0.4 is 0 Å².